The molecule has 134 valence electrons. The monoisotopic (exact) mass is 374 g/mol. The number of carbonyl (C=O) groups is 1. The molecule has 0 rings (SSSR count). The summed E-state index contributed by atoms with van der Waals surface area (Å²) in [5.74, 6) is 1.65. The molecule has 0 saturated heterocycles. The Kier molecular flexibility index (Phi) is 25.0. The van der Waals surface area contributed by atoms with Crippen LogP contribution in [0.4, 0.5) is 0 Å². The maximum absolute atomic E-state index is 10.5. The van der Waals surface area contributed by atoms with E-state index < -0.39 is 5.97 Å². The zero-order valence-corrected chi connectivity index (χ0v) is 15.5. The van der Waals surface area contributed by atoms with E-state index in [-0.39, 0.29) is 80.9 Å². The van der Waals surface area contributed by atoms with Crippen LogP contribution in [0.3, 0.4) is 0 Å². The van der Waals surface area contributed by atoms with Gasteiger partial charge in [-0.25, -0.2) is 4.79 Å². The summed E-state index contributed by atoms with van der Waals surface area (Å²) in [4.78, 5) is 10.5. The van der Waals surface area contributed by atoms with Crippen molar-refractivity contribution < 1.29 is 9.90 Å². The molecule has 0 heterocycles. The van der Waals surface area contributed by atoms with Gasteiger partial charge in [0.1, 0.15) is 0 Å². The van der Waals surface area contributed by atoms with E-state index in [1.54, 1.807) is 0 Å². The Morgan fingerprint density at radius 2 is 1.29 bits per heavy atom. The summed E-state index contributed by atoms with van der Waals surface area (Å²) in [7, 11) is 0. The van der Waals surface area contributed by atoms with Crippen LogP contribution in [0.25, 0.3) is 0 Å². The van der Waals surface area contributed by atoms with Crippen molar-refractivity contribution >= 4 is 86.9 Å². The molecule has 0 aromatic carbocycles. The van der Waals surface area contributed by atoms with Crippen LogP contribution in [0.5, 0.6) is 0 Å². The van der Waals surface area contributed by atoms with Crippen LogP contribution in [0.15, 0.2) is 11.6 Å². The normalized spacial score (nSPS) is 13.8. The van der Waals surface area contributed by atoms with Crippen molar-refractivity contribution in [2.75, 3.05) is 0 Å². The second-order valence-electron chi connectivity index (χ2n) is 7.69. The predicted molar refractivity (Wildman–Crippen MR) is 110 cm³/mol. The Morgan fingerprint density at radius 1 is 0.875 bits per heavy atom. The first-order valence-corrected chi connectivity index (χ1v) is 9.21. The van der Waals surface area contributed by atoms with E-state index in [0.717, 1.165) is 36.2 Å². The van der Waals surface area contributed by atoms with E-state index in [0.29, 0.717) is 0 Å². The van der Waals surface area contributed by atoms with Crippen LogP contribution < -0.4 is 0 Å². The van der Waals surface area contributed by atoms with E-state index in [1.807, 2.05) is 6.92 Å². The average Bonchev–Trinajstić information content (AvgIpc) is 2.37. The SMILES string of the molecule is C/C(=C\C(=O)O)CCC[C@H](C)CCC[C@H](C)CCCC(C)C.[KH].[NaH]. The molecule has 1 N–H and O–H groups in total. The summed E-state index contributed by atoms with van der Waals surface area (Å²) in [5.41, 5.74) is 0.985. The molecule has 0 spiro atoms. The van der Waals surface area contributed by atoms with Crippen LogP contribution in [-0.4, -0.2) is 92.0 Å². The second-order valence-corrected chi connectivity index (χ2v) is 7.69. The first kappa shape index (κ1) is 30.6. The molecule has 0 aliphatic rings. The van der Waals surface area contributed by atoms with Gasteiger partial charge in [-0.15, -0.1) is 0 Å². The molecule has 2 nitrogen and oxygen atoms in total. The fraction of sp³-hybridized carbons (Fsp3) is 0.850. The van der Waals surface area contributed by atoms with Crippen molar-refractivity contribution in [2.45, 2.75) is 92.4 Å². The summed E-state index contributed by atoms with van der Waals surface area (Å²) >= 11 is 0. The van der Waals surface area contributed by atoms with Crippen molar-refractivity contribution in [2.24, 2.45) is 17.8 Å². The molecular formula is C20H40KNaO2. The molecule has 0 saturated carbocycles. The van der Waals surface area contributed by atoms with E-state index in [9.17, 15) is 4.79 Å². The summed E-state index contributed by atoms with van der Waals surface area (Å²) in [6, 6.07) is 0. The van der Waals surface area contributed by atoms with Crippen molar-refractivity contribution in [3.8, 4) is 0 Å². The number of carboxylic acid groups (broad SMARTS) is 1. The van der Waals surface area contributed by atoms with Crippen LogP contribution >= 0.6 is 0 Å². The minimum absolute atomic E-state index is 0. The second kappa shape index (κ2) is 19.6. The van der Waals surface area contributed by atoms with E-state index in [1.165, 1.54) is 51.0 Å². The van der Waals surface area contributed by atoms with Gasteiger partial charge in [-0.2, -0.15) is 0 Å². The van der Waals surface area contributed by atoms with Gasteiger partial charge in [0.15, 0.2) is 0 Å². The molecular weight excluding hydrogens is 334 g/mol. The molecule has 0 bridgehead atoms. The first-order chi connectivity index (χ1) is 10.3. The third kappa shape index (κ3) is 21.9. The minimum atomic E-state index is -0.822. The van der Waals surface area contributed by atoms with Crippen molar-refractivity contribution in [1.82, 2.24) is 0 Å². The van der Waals surface area contributed by atoms with Gasteiger partial charge in [-0.05, 0) is 37.5 Å². The molecule has 0 aliphatic heterocycles. The molecule has 2 atom stereocenters. The zero-order valence-electron chi connectivity index (χ0n) is 15.5. The van der Waals surface area contributed by atoms with Crippen LogP contribution in [0.2, 0.25) is 0 Å². The molecule has 24 heavy (non-hydrogen) atoms. The van der Waals surface area contributed by atoms with E-state index in [4.69, 9.17) is 5.11 Å². The number of hydrogen-bond donors (Lipinski definition) is 1. The molecule has 0 radical (unpaired) electrons. The van der Waals surface area contributed by atoms with Gasteiger partial charge >= 0.3 is 86.9 Å². The third-order valence-electron chi connectivity index (χ3n) is 4.51. The van der Waals surface area contributed by atoms with Gasteiger partial charge in [0, 0.05) is 6.08 Å². The quantitative estimate of drug-likeness (QED) is 0.357. The Bertz CT molecular complexity index is 330. The fourth-order valence-corrected chi connectivity index (χ4v) is 2.99. The molecule has 0 aromatic heterocycles. The van der Waals surface area contributed by atoms with E-state index in [2.05, 4.69) is 27.7 Å². The van der Waals surface area contributed by atoms with Gasteiger partial charge in [-0.3, -0.25) is 0 Å². The number of aliphatic carboxylic acids is 1. The Labute approximate surface area is 215 Å². The molecule has 0 aliphatic carbocycles. The fourth-order valence-electron chi connectivity index (χ4n) is 2.99. The Morgan fingerprint density at radius 3 is 1.71 bits per heavy atom. The van der Waals surface area contributed by atoms with Crippen LogP contribution in [0.1, 0.15) is 92.4 Å². The van der Waals surface area contributed by atoms with Crippen LogP contribution in [0, 0.1) is 17.8 Å². The summed E-state index contributed by atoms with van der Waals surface area (Å²) in [6.45, 7) is 11.3. The van der Waals surface area contributed by atoms with Gasteiger partial charge in [-0.1, -0.05) is 78.2 Å². The molecule has 0 aromatic rings. The van der Waals surface area contributed by atoms with Crippen molar-refractivity contribution in [3.05, 3.63) is 11.6 Å². The number of rotatable bonds is 13. The Balaban J connectivity index is -0.00000220. The standard InChI is InChI=1S/C20H38O2.K.Na.2H/c1-16(2)9-6-10-17(3)11-7-12-18(4)13-8-14-19(5)15-20(21)22;;;;/h15-18H,6-14H2,1-5H3,(H,21,22);;;;/b19-15+;;;;/t17-,18-;;;;/m1..../s1. The topological polar surface area (TPSA) is 37.3 Å². The number of carboxylic acids is 1. The molecule has 0 amide bonds. The van der Waals surface area contributed by atoms with Crippen molar-refractivity contribution in [3.63, 3.8) is 0 Å². The summed E-state index contributed by atoms with van der Waals surface area (Å²) < 4.78 is 0. The van der Waals surface area contributed by atoms with Gasteiger partial charge in [0.25, 0.3) is 0 Å². The zero-order chi connectivity index (χ0) is 17.0. The first-order valence-electron chi connectivity index (χ1n) is 9.21. The maximum atomic E-state index is 10.5. The predicted octanol–water partition coefficient (Wildman–Crippen LogP) is 5.16. The Hall–Kier alpha value is 1.85. The van der Waals surface area contributed by atoms with Gasteiger partial charge in [0.05, 0.1) is 0 Å². The molecule has 0 unspecified atom stereocenters. The van der Waals surface area contributed by atoms with Gasteiger partial charge in [0.2, 0.25) is 0 Å². The molecule has 4 heteroatoms. The molecule has 0 fully saturated rings. The van der Waals surface area contributed by atoms with Crippen molar-refractivity contribution in [1.29, 1.82) is 0 Å². The average molecular weight is 375 g/mol. The van der Waals surface area contributed by atoms with Crippen LogP contribution in [-0.2, 0) is 4.79 Å². The number of allylic oxidation sites excluding steroid dienone is 1. The summed E-state index contributed by atoms with van der Waals surface area (Å²) in [5, 5.41) is 8.68. The van der Waals surface area contributed by atoms with E-state index >= 15 is 0 Å². The van der Waals surface area contributed by atoms with Gasteiger partial charge < -0.3 is 5.11 Å². The number of hydrogen-bond acceptors (Lipinski definition) is 1. The summed E-state index contributed by atoms with van der Waals surface area (Å²) in [6.07, 6.45) is 12.7. The third-order valence-corrected chi connectivity index (χ3v) is 4.51.